The Kier molecular flexibility index (Phi) is 2.99. The number of hydrogen-bond acceptors (Lipinski definition) is 2. The topological polar surface area (TPSA) is 50.9 Å². The van der Waals surface area contributed by atoms with Crippen LogP contribution in [0.15, 0.2) is 29.3 Å². The number of rotatable bonds is 3. The summed E-state index contributed by atoms with van der Waals surface area (Å²) in [6.07, 6.45) is 2.33. The van der Waals surface area contributed by atoms with Crippen LogP contribution in [-0.2, 0) is 0 Å². The van der Waals surface area contributed by atoms with Crippen molar-refractivity contribution in [1.29, 1.82) is 0 Å². The number of nitrogens with two attached hydrogens (primary N) is 1. The van der Waals surface area contributed by atoms with Gasteiger partial charge in [0.1, 0.15) is 5.75 Å². The molecule has 0 radical (unpaired) electrons. The molecule has 0 amide bonds. The first-order valence-corrected chi connectivity index (χ1v) is 5.42. The standard InChI is InChI=1S/C12H17N3O/c1-15(12(13)14-9-3-4-9)10-5-7-11(16-2)8-6-10/h5-9H,3-4H2,1-2H3,(H2,13,14). The number of guanidine groups is 1. The van der Waals surface area contributed by atoms with Crippen molar-refractivity contribution in [3.63, 3.8) is 0 Å². The molecule has 0 unspecified atom stereocenters. The highest BCUT2D eigenvalue weighted by Crippen LogP contribution is 2.24. The fraction of sp³-hybridized carbons (Fsp3) is 0.417. The SMILES string of the molecule is COc1ccc(N(C)C(N)=NC2CC2)cc1. The van der Waals surface area contributed by atoms with Crippen molar-refractivity contribution < 1.29 is 4.74 Å². The Bertz CT molecular complexity index is 382. The number of nitrogens with zero attached hydrogens (tertiary/aromatic N) is 2. The number of aliphatic imine (C=N–C) groups is 1. The van der Waals surface area contributed by atoms with Crippen LogP contribution in [0, 0.1) is 0 Å². The Morgan fingerprint density at radius 3 is 2.50 bits per heavy atom. The van der Waals surface area contributed by atoms with Crippen LogP contribution in [0.1, 0.15) is 12.8 Å². The van der Waals surface area contributed by atoms with E-state index in [2.05, 4.69) is 4.99 Å². The van der Waals surface area contributed by atoms with Crippen LogP contribution in [0.4, 0.5) is 5.69 Å². The summed E-state index contributed by atoms with van der Waals surface area (Å²) in [7, 11) is 3.57. The predicted molar refractivity (Wildman–Crippen MR) is 66.0 cm³/mol. The van der Waals surface area contributed by atoms with E-state index in [-0.39, 0.29) is 0 Å². The molecule has 0 aliphatic heterocycles. The van der Waals surface area contributed by atoms with Gasteiger partial charge in [0, 0.05) is 12.7 Å². The average molecular weight is 219 g/mol. The van der Waals surface area contributed by atoms with Gasteiger partial charge in [-0.05, 0) is 37.1 Å². The monoisotopic (exact) mass is 219 g/mol. The summed E-state index contributed by atoms with van der Waals surface area (Å²) in [6, 6.07) is 8.20. The molecular weight excluding hydrogens is 202 g/mol. The fourth-order valence-electron chi connectivity index (χ4n) is 1.42. The summed E-state index contributed by atoms with van der Waals surface area (Å²) < 4.78 is 5.10. The van der Waals surface area contributed by atoms with Crippen LogP contribution in [0.25, 0.3) is 0 Å². The lowest BCUT2D eigenvalue weighted by Gasteiger charge is -2.18. The quantitative estimate of drug-likeness (QED) is 0.620. The van der Waals surface area contributed by atoms with Crippen molar-refractivity contribution in [1.82, 2.24) is 0 Å². The van der Waals surface area contributed by atoms with Crippen molar-refractivity contribution in [3.8, 4) is 5.75 Å². The summed E-state index contributed by atoms with van der Waals surface area (Å²) in [6.45, 7) is 0. The Balaban J connectivity index is 2.09. The van der Waals surface area contributed by atoms with Crippen LogP contribution in [-0.4, -0.2) is 26.2 Å². The molecule has 2 rings (SSSR count). The second-order valence-corrected chi connectivity index (χ2v) is 3.98. The number of anilines is 1. The molecule has 2 N–H and O–H groups in total. The number of benzene rings is 1. The molecular formula is C12H17N3O. The first-order valence-electron chi connectivity index (χ1n) is 5.42. The van der Waals surface area contributed by atoms with Gasteiger partial charge < -0.3 is 15.4 Å². The highest BCUT2D eigenvalue weighted by molar-refractivity contribution is 5.94. The van der Waals surface area contributed by atoms with Gasteiger partial charge in [-0.25, -0.2) is 4.99 Å². The highest BCUT2D eigenvalue weighted by Gasteiger charge is 2.21. The molecule has 1 aromatic rings. The van der Waals surface area contributed by atoms with Crippen molar-refractivity contribution in [2.75, 3.05) is 19.1 Å². The van der Waals surface area contributed by atoms with Gasteiger partial charge in [-0.15, -0.1) is 0 Å². The molecule has 1 saturated carbocycles. The average Bonchev–Trinajstić information content (AvgIpc) is 3.12. The first-order chi connectivity index (χ1) is 7.70. The second kappa shape index (κ2) is 4.43. The lowest BCUT2D eigenvalue weighted by molar-refractivity contribution is 0.415. The molecule has 0 aromatic heterocycles. The van der Waals surface area contributed by atoms with E-state index < -0.39 is 0 Å². The molecule has 86 valence electrons. The molecule has 16 heavy (non-hydrogen) atoms. The Labute approximate surface area is 95.7 Å². The first kappa shape index (κ1) is 10.8. The summed E-state index contributed by atoms with van der Waals surface area (Å²) in [4.78, 5) is 6.28. The van der Waals surface area contributed by atoms with E-state index in [1.165, 1.54) is 0 Å². The van der Waals surface area contributed by atoms with Crippen LogP contribution < -0.4 is 15.4 Å². The lowest BCUT2D eigenvalue weighted by Crippen LogP contribution is -2.34. The van der Waals surface area contributed by atoms with Crippen molar-refractivity contribution in [2.24, 2.45) is 10.7 Å². The molecule has 1 aliphatic carbocycles. The Morgan fingerprint density at radius 2 is 2.00 bits per heavy atom. The Morgan fingerprint density at radius 1 is 1.38 bits per heavy atom. The highest BCUT2D eigenvalue weighted by atomic mass is 16.5. The van der Waals surface area contributed by atoms with E-state index in [1.807, 2.05) is 36.2 Å². The molecule has 0 spiro atoms. The largest absolute Gasteiger partial charge is 0.497 e. The molecule has 1 aromatic carbocycles. The molecule has 4 nitrogen and oxygen atoms in total. The maximum absolute atomic E-state index is 5.91. The maximum Gasteiger partial charge on any atom is 0.195 e. The van der Waals surface area contributed by atoms with Crippen LogP contribution in [0.5, 0.6) is 5.75 Å². The van der Waals surface area contributed by atoms with Crippen LogP contribution >= 0.6 is 0 Å². The van der Waals surface area contributed by atoms with E-state index in [4.69, 9.17) is 10.5 Å². The van der Waals surface area contributed by atoms with E-state index in [0.29, 0.717) is 12.0 Å². The summed E-state index contributed by atoms with van der Waals surface area (Å²) in [5.41, 5.74) is 6.92. The number of ether oxygens (including phenoxy) is 1. The van der Waals surface area contributed by atoms with E-state index >= 15 is 0 Å². The van der Waals surface area contributed by atoms with Gasteiger partial charge in [0.05, 0.1) is 13.2 Å². The zero-order chi connectivity index (χ0) is 11.5. The molecule has 1 fully saturated rings. The number of methoxy groups -OCH3 is 1. The third-order valence-electron chi connectivity index (χ3n) is 2.67. The summed E-state index contributed by atoms with van der Waals surface area (Å²) in [5.74, 6) is 1.42. The Hall–Kier alpha value is -1.71. The van der Waals surface area contributed by atoms with Crippen LogP contribution in [0.3, 0.4) is 0 Å². The predicted octanol–water partition coefficient (Wildman–Crippen LogP) is 1.61. The third-order valence-corrected chi connectivity index (χ3v) is 2.67. The van der Waals surface area contributed by atoms with Crippen molar-refractivity contribution in [3.05, 3.63) is 24.3 Å². The van der Waals surface area contributed by atoms with E-state index in [0.717, 1.165) is 24.3 Å². The summed E-state index contributed by atoms with van der Waals surface area (Å²) >= 11 is 0. The minimum absolute atomic E-state index is 0.445. The normalized spacial score (nSPS) is 16.0. The smallest absolute Gasteiger partial charge is 0.195 e. The van der Waals surface area contributed by atoms with Gasteiger partial charge in [0.2, 0.25) is 0 Å². The molecule has 1 aliphatic rings. The molecule has 0 heterocycles. The fourth-order valence-corrected chi connectivity index (χ4v) is 1.42. The second-order valence-electron chi connectivity index (χ2n) is 3.98. The minimum Gasteiger partial charge on any atom is -0.497 e. The van der Waals surface area contributed by atoms with Gasteiger partial charge >= 0.3 is 0 Å². The lowest BCUT2D eigenvalue weighted by atomic mass is 10.3. The van der Waals surface area contributed by atoms with E-state index in [1.54, 1.807) is 7.11 Å². The van der Waals surface area contributed by atoms with Gasteiger partial charge in [0.15, 0.2) is 5.96 Å². The van der Waals surface area contributed by atoms with Gasteiger partial charge in [-0.1, -0.05) is 0 Å². The molecule has 0 atom stereocenters. The zero-order valence-electron chi connectivity index (χ0n) is 9.68. The number of hydrogen-bond donors (Lipinski definition) is 1. The van der Waals surface area contributed by atoms with Gasteiger partial charge in [-0.3, -0.25) is 0 Å². The molecule has 0 bridgehead atoms. The van der Waals surface area contributed by atoms with Gasteiger partial charge in [-0.2, -0.15) is 0 Å². The van der Waals surface area contributed by atoms with Gasteiger partial charge in [0.25, 0.3) is 0 Å². The van der Waals surface area contributed by atoms with Crippen molar-refractivity contribution in [2.45, 2.75) is 18.9 Å². The van der Waals surface area contributed by atoms with Crippen LogP contribution in [0.2, 0.25) is 0 Å². The molecule has 4 heteroatoms. The summed E-state index contributed by atoms with van der Waals surface area (Å²) in [5, 5.41) is 0. The maximum atomic E-state index is 5.91. The minimum atomic E-state index is 0.445. The van der Waals surface area contributed by atoms with E-state index in [9.17, 15) is 0 Å². The molecule has 0 saturated heterocycles. The van der Waals surface area contributed by atoms with Crippen molar-refractivity contribution >= 4 is 11.6 Å². The third kappa shape index (κ3) is 2.45. The zero-order valence-corrected chi connectivity index (χ0v) is 9.68.